The summed E-state index contributed by atoms with van der Waals surface area (Å²) < 4.78 is 13.6. The van der Waals surface area contributed by atoms with Crippen LogP contribution < -0.4 is 0 Å². The Labute approximate surface area is 123 Å². The van der Waals surface area contributed by atoms with E-state index >= 15 is 0 Å². The molecule has 0 N–H and O–H groups in total. The SMILES string of the molecule is [3H]c1c(C(=O)OC)[c-]c(C[CH2-])n1C.[V].[Y]. The molecule has 1 aromatic heterocycles. The predicted molar refractivity (Wildman–Crippen MR) is 44.6 cm³/mol. The molecule has 1 rings (SSSR count). The summed E-state index contributed by atoms with van der Waals surface area (Å²) >= 11 is 0. The number of carbonyl (C=O) groups excluding carboxylic acids is 1. The fraction of sp³-hybridized carbons (Fsp3) is 0.333. The zero-order valence-corrected chi connectivity index (χ0v) is 12.4. The maximum atomic E-state index is 11.1. The van der Waals surface area contributed by atoms with Gasteiger partial charge in [0.1, 0.15) is 0 Å². The molecular weight excluding hydrogens is 294 g/mol. The summed E-state index contributed by atoms with van der Waals surface area (Å²) in [6.45, 7) is 3.67. The van der Waals surface area contributed by atoms with Gasteiger partial charge in [-0.2, -0.15) is 12.5 Å². The van der Waals surface area contributed by atoms with Gasteiger partial charge >= 0.3 is 0 Å². The second-order valence-electron chi connectivity index (χ2n) is 2.36. The molecule has 0 saturated heterocycles. The van der Waals surface area contributed by atoms with E-state index in [9.17, 15) is 4.79 Å². The molecule has 3 nitrogen and oxygen atoms in total. The van der Waals surface area contributed by atoms with Gasteiger partial charge in [0, 0.05) is 51.3 Å². The molecule has 0 unspecified atom stereocenters. The third kappa shape index (κ3) is 3.90. The Bertz CT molecular complexity index is 341. The summed E-state index contributed by atoms with van der Waals surface area (Å²) in [5, 5.41) is 0. The first-order valence-corrected chi connectivity index (χ1v) is 3.56. The maximum absolute atomic E-state index is 11.1. The Morgan fingerprint density at radius 3 is 2.79 bits per heavy atom. The standard InChI is InChI=1S/C9H11NO2.V.Y/c1-4-8-5-7(6-10(8)2)9(11)12-3;;/h6H,1,4H2,2-3H3;;/q-2;;/i6T;;. The molecule has 0 atom stereocenters. The van der Waals surface area contributed by atoms with Gasteiger partial charge < -0.3 is 21.0 Å². The van der Waals surface area contributed by atoms with Gasteiger partial charge in [-0.25, -0.2) is 0 Å². The number of methoxy groups -OCH3 is 1. The van der Waals surface area contributed by atoms with E-state index in [4.69, 9.17) is 1.37 Å². The van der Waals surface area contributed by atoms with Crippen molar-refractivity contribution in [1.82, 2.24) is 4.57 Å². The van der Waals surface area contributed by atoms with Crippen LogP contribution in [0.5, 0.6) is 0 Å². The molecule has 0 fully saturated rings. The van der Waals surface area contributed by atoms with Crippen LogP contribution in [0.4, 0.5) is 0 Å². The van der Waals surface area contributed by atoms with Gasteiger partial charge in [-0.1, -0.05) is 17.4 Å². The first kappa shape index (κ1) is 14.4. The van der Waals surface area contributed by atoms with Crippen LogP contribution in [0.25, 0.3) is 0 Å². The molecular formula is C9H11NO2VY-2. The molecule has 0 saturated carbocycles. The van der Waals surface area contributed by atoms with E-state index in [2.05, 4.69) is 17.7 Å². The summed E-state index contributed by atoms with van der Waals surface area (Å²) in [6.07, 6.45) is 0.616. The number of esters is 1. The van der Waals surface area contributed by atoms with Gasteiger partial charge in [-0.3, -0.25) is 0 Å². The normalized spacial score (nSPS) is 9.50. The Hall–Kier alpha value is 0.438. The summed E-state index contributed by atoms with van der Waals surface area (Å²) in [5.41, 5.74) is 0.897. The summed E-state index contributed by atoms with van der Waals surface area (Å²) in [6, 6.07) is 2.79. The second-order valence-corrected chi connectivity index (χ2v) is 2.36. The first-order chi connectivity index (χ1) is 6.11. The number of ether oxygens (including phenoxy) is 1. The number of aromatic nitrogens is 1. The Kier molecular flexibility index (Phi) is 7.93. The molecule has 0 spiro atoms. The second kappa shape index (κ2) is 7.69. The van der Waals surface area contributed by atoms with Crippen molar-refractivity contribution in [2.75, 3.05) is 7.11 Å². The average Bonchev–Trinajstić information content (AvgIpc) is 2.43. The molecule has 0 aliphatic carbocycles. The smallest absolute Gasteiger partial charge is 0.220 e. The van der Waals surface area contributed by atoms with Crippen molar-refractivity contribution in [3.63, 3.8) is 0 Å². The molecule has 2 radical (unpaired) electrons. The zero-order valence-electron chi connectivity index (χ0n) is 9.20. The topological polar surface area (TPSA) is 31.2 Å². The van der Waals surface area contributed by atoms with Crippen LogP contribution in [0.15, 0.2) is 6.17 Å². The maximum Gasteiger partial charge on any atom is 0.220 e. The summed E-state index contributed by atoms with van der Waals surface area (Å²) in [4.78, 5) is 11.1. The first-order valence-electron chi connectivity index (χ1n) is 4.06. The van der Waals surface area contributed by atoms with Crippen molar-refractivity contribution >= 4 is 5.97 Å². The van der Waals surface area contributed by atoms with Crippen LogP contribution in [0.3, 0.4) is 0 Å². The van der Waals surface area contributed by atoms with E-state index in [1.165, 1.54) is 7.11 Å². The van der Waals surface area contributed by atoms with Crippen LogP contribution in [0, 0.1) is 13.0 Å². The van der Waals surface area contributed by atoms with Crippen molar-refractivity contribution in [1.29, 1.82) is 0 Å². The van der Waals surface area contributed by atoms with E-state index < -0.39 is 5.97 Å². The number of hydrogen-bond donors (Lipinski definition) is 0. The van der Waals surface area contributed by atoms with Gasteiger partial charge in [-0.05, 0) is 8.42 Å². The number of hydrogen-bond acceptors (Lipinski definition) is 2. The number of nitrogens with zero attached hydrogens (tertiary/aromatic N) is 1. The minimum absolute atomic E-state index is 0. The molecule has 5 heteroatoms. The fourth-order valence-electron chi connectivity index (χ4n) is 0.920. The predicted octanol–water partition coefficient (Wildman–Crippen LogP) is 0.983. The van der Waals surface area contributed by atoms with Gasteiger partial charge in [0.2, 0.25) is 5.97 Å². The van der Waals surface area contributed by atoms with Crippen molar-refractivity contribution in [3.05, 3.63) is 30.4 Å². The monoisotopic (exact) mass is 307 g/mol. The van der Waals surface area contributed by atoms with Gasteiger partial charge in [0.25, 0.3) is 0 Å². The largest absolute Gasteiger partial charge is 0.523 e. The molecule has 1 heterocycles. The van der Waals surface area contributed by atoms with Crippen LogP contribution in [0.1, 0.15) is 17.4 Å². The Morgan fingerprint density at radius 2 is 2.43 bits per heavy atom. The third-order valence-corrected chi connectivity index (χ3v) is 1.58. The zero-order chi connectivity index (χ0) is 10.0. The van der Waals surface area contributed by atoms with E-state index in [1.807, 2.05) is 0 Å². The van der Waals surface area contributed by atoms with Crippen LogP contribution in [-0.2, 0) is 69.5 Å². The molecule has 1 aromatic rings. The average molecular weight is 307 g/mol. The number of carbonyl (C=O) groups is 1. The van der Waals surface area contributed by atoms with Crippen molar-refractivity contribution < 1.29 is 62.2 Å². The van der Waals surface area contributed by atoms with E-state index in [0.717, 1.165) is 5.69 Å². The summed E-state index contributed by atoms with van der Waals surface area (Å²) in [5.74, 6) is -0.527. The van der Waals surface area contributed by atoms with Crippen LogP contribution in [-0.4, -0.2) is 17.6 Å². The van der Waals surface area contributed by atoms with Crippen molar-refractivity contribution in [2.45, 2.75) is 6.42 Å². The van der Waals surface area contributed by atoms with E-state index in [1.54, 1.807) is 11.6 Å². The summed E-state index contributed by atoms with van der Waals surface area (Å²) in [7, 11) is 2.98. The van der Waals surface area contributed by atoms with Gasteiger partial charge in [0.15, 0.2) is 0 Å². The van der Waals surface area contributed by atoms with Crippen molar-refractivity contribution in [2.24, 2.45) is 7.05 Å². The molecule has 0 bridgehead atoms. The molecule has 0 amide bonds. The molecule has 14 heavy (non-hydrogen) atoms. The minimum atomic E-state index is -0.527. The Morgan fingerprint density at radius 1 is 1.86 bits per heavy atom. The quantitative estimate of drug-likeness (QED) is 0.602. The van der Waals surface area contributed by atoms with Crippen LogP contribution >= 0.6 is 0 Å². The van der Waals surface area contributed by atoms with Gasteiger partial charge in [-0.15, -0.1) is 0 Å². The minimum Gasteiger partial charge on any atom is -0.523 e. The van der Waals surface area contributed by atoms with Gasteiger partial charge in [0.05, 0.1) is 7.11 Å². The van der Waals surface area contributed by atoms with E-state index in [-0.39, 0.29) is 63.0 Å². The molecule has 0 aliphatic heterocycles. The molecule has 74 valence electrons. The van der Waals surface area contributed by atoms with Crippen molar-refractivity contribution in [3.8, 4) is 0 Å². The number of rotatable bonds is 2. The van der Waals surface area contributed by atoms with E-state index in [0.29, 0.717) is 6.42 Å². The van der Waals surface area contributed by atoms with Crippen LogP contribution in [0.2, 0.25) is 0 Å². The molecule has 0 aliphatic rings. The Balaban J connectivity index is 0. The fourth-order valence-corrected chi connectivity index (χ4v) is 0.920. The molecule has 0 aromatic carbocycles. The third-order valence-electron chi connectivity index (χ3n) is 1.58.